The lowest BCUT2D eigenvalue weighted by Gasteiger charge is -2.12. The number of nitrogens with zero attached hydrogens (tertiary/aromatic N) is 3. The molecule has 9 heteroatoms. The highest BCUT2D eigenvalue weighted by molar-refractivity contribution is 9.10. The summed E-state index contributed by atoms with van der Waals surface area (Å²) in [7, 11) is 1.47. The maximum Gasteiger partial charge on any atom is 0.267 e. The lowest BCUT2D eigenvalue weighted by Crippen LogP contribution is -2.28. The number of aromatic hydroxyl groups is 1. The van der Waals surface area contributed by atoms with Crippen LogP contribution in [0, 0.1) is 0 Å². The lowest BCUT2D eigenvalue weighted by molar-refractivity contribution is -0.122. The number of methoxy groups -OCH3 is 1. The van der Waals surface area contributed by atoms with Crippen molar-refractivity contribution in [1.29, 1.82) is 0 Å². The van der Waals surface area contributed by atoms with Crippen LogP contribution in [0.15, 0.2) is 84.9 Å². The van der Waals surface area contributed by atoms with E-state index in [1.54, 1.807) is 30.5 Å². The second-order valence-corrected chi connectivity index (χ2v) is 8.62. The molecular weight excluding hydrogens is 494 g/mol. The fourth-order valence-corrected chi connectivity index (χ4v) is 4.30. The number of thioether (sulfide) groups is 1. The molecule has 1 fully saturated rings. The number of amides is 1. The van der Waals surface area contributed by atoms with Crippen molar-refractivity contribution in [2.45, 2.75) is 6.54 Å². The predicted molar refractivity (Wildman–Crippen MR) is 129 cm³/mol. The van der Waals surface area contributed by atoms with Gasteiger partial charge in [0.05, 0.1) is 31.0 Å². The number of carbonyl (C=O) groups is 1. The Bertz CT molecular complexity index is 1220. The highest BCUT2D eigenvalue weighted by atomic mass is 79.9. The number of furan rings is 1. The van der Waals surface area contributed by atoms with Gasteiger partial charge in [0.1, 0.15) is 5.76 Å². The van der Waals surface area contributed by atoms with Crippen LogP contribution in [0.25, 0.3) is 6.08 Å². The normalized spacial score (nSPS) is 16.6. The van der Waals surface area contributed by atoms with Crippen LogP contribution in [-0.4, -0.2) is 34.4 Å². The summed E-state index contributed by atoms with van der Waals surface area (Å²) < 4.78 is 11.4. The number of benzene rings is 2. The number of phenolic OH excluding ortho intramolecular Hbond substituents is 1. The number of carbonyl (C=O) groups excluding carboxylic acids is 1. The molecule has 0 saturated carbocycles. The molecule has 1 aliphatic heterocycles. The summed E-state index contributed by atoms with van der Waals surface area (Å²) in [5.74, 6) is 0.847. The second kappa shape index (κ2) is 9.88. The minimum absolute atomic E-state index is 0.0415. The first-order valence-electron chi connectivity index (χ1n) is 9.51. The van der Waals surface area contributed by atoms with Gasteiger partial charge in [-0.2, -0.15) is 5.10 Å². The number of halogens is 1. The van der Waals surface area contributed by atoms with Crippen LogP contribution in [0.1, 0.15) is 16.9 Å². The van der Waals surface area contributed by atoms with Gasteiger partial charge in [0, 0.05) is 4.47 Å². The number of hydrogen-bond acceptors (Lipinski definition) is 7. The van der Waals surface area contributed by atoms with Crippen LogP contribution >= 0.6 is 27.7 Å². The minimum Gasteiger partial charge on any atom is -0.504 e. The van der Waals surface area contributed by atoms with E-state index >= 15 is 0 Å². The van der Waals surface area contributed by atoms with Crippen LogP contribution in [0.3, 0.4) is 0 Å². The first-order valence-corrected chi connectivity index (χ1v) is 11.1. The van der Waals surface area contributed by atoms with Gasteiger partial charge in [-0.25, -0.2) is 0 Å². The van der Waals surface area contributed by atoms with Gasteiger partial charge in [-0.05, 0) is 71.4 Å². The second-order valence-electron chi connectivity index (χ2n) is 6.69. The summed E-state index contributed by atoms with van der Waals surface area (Å²) in [6.45, 7) is 0.246. The van der Waals surface area contributed by atoms with Gasteiger partial charge in [-0.3, -0.25) is 9.69 Å². The van der Waals surface area contributed by atoms with Crippen LogP contribution in [0.5, 0.6) is 11.5 Å². The Morgan fingerprint density at radius 1 is 1.19 bits per heavy atom. The molecule has 1 aromatic heterocycles. The molecule has 0 radical (unpaired) electrons. The highest BCUT2D eigenvalue weighted by Gasteiger charge is 2.34. The van der Waals surface area contributed by atoms with E-state index in [9.17, 15) is 9.90 Å². The Balaban J connectivity index is 1.62. The fraction of sp³-hybridized carbons (Fsp3) is 0.0870. The maximum atomic E-state index is 13.1. The van der Waals surface area contributed by atoms with Gasteiger partial charge in [-0.15, -0.1) is 5.10 Å². The van der Waals surface area contributed by atoms with E-state index in [1.165, 1.54) is 36.1 Å². The third-order valence-electron chi connectivity index (χ3n) is 4.48. The van der Waals surface area contributed by atoms with Crippen LogP contribution in [-0.2, 0) is 11.3 Å². The maximum absolute atomic E-state index is 13.1. The van der Waals surface area contributed by atoms with E-state index < -0.39 is 0 Å². The quantitative estimate of drug-likeness (QED) is 0.277. The van der Waals surface area contributed by atoms with Crippen molar-refractivity contribution >= 4 is 51.1 Å². The van der Waals surface area contributed by atoms with Crippen LogP contribution < -0.4 is 4.74 Å². The Morgan fingerprint density at radius 2 is 2.06 bits per heavy atom. The minimum atomic E-state index is -0.174. The van der Waals surface area contributed by atoms with Crippen molar-refractivity contribution in [1.82, 2.24) is 4.90 Å². The molecule has 0 unspecified atom stereocenters. The Hall–Kier alpha value is -3.30. The van der Waals surface area contributed by atoms with E-state index in [1.807, 2.05) is 30.3 Å². The smallest absolute Gasteiger partial charge is 0.267 e. The molecule has 0 bridgehead atoms. The molecule has 2 aromatic carbocycles. The number of hydrogen-bond donors (Lipinski definition) is 1. The van der Waals surface area contributed by atoms with E-state index in [2.05, 4.69) is 26.1 Å². The van der Waals surface area contributed by atoms with E-state index in [0.29, 0.717) is 27.1 Å². The third kappa shape index (κ3) is 5.12. The molecule has 1 saturated heterocycles. The predicted octanol–water partition coefficient (Wildman–Crippen LogP) is 5.26. The summed E-state index contributed by atoms with van der Waals surface area (Å²) in [6, 6.07) is 16.1. The molecule has 2 heterocycles. The summed E-state index contributed by atoms with van der Waals surface area (Å²) in [5.41, 5.74) is 1.59. The van der Waals surface area contributed by atoms with Crippen molar-refractivity contribution in [3.8, 4) is 11.5 Å². The van der Waals surface area contributed by atoms with Gasteiger partial charge < -0.3 is 14.3 Å². The van der Waals surface area contributed by atoms with Gasteiger partial charge >= 0.3 is 0 Å². The van der Waals surface area contributed by atoms with Gasteiger partial charge in [0.2, 0.25) is 0 Å². The summed E-state index contributed by atoms with van der Waals surface area (Å²) in [6.07, 6.45) is 4.92. The van der Waals surface area contributed by atoms with Crippen LogP contribution in [0.4, 0.5) is 0 Å². The van der Waals surface area contributed by atoms with E-state index in [0.717, 1.165) is 10.0 Å². The Labute approximate surface area is 197 Å². The average Bonchev–Trinajstić information content (AvgIpc) is 3.39. The summed E-state index contributed by atoms with van der Waals surface area (Å²) in [5, 5.41) is 18.6. The number of rotatable bonds is 6. The van der Waals surface area contributed by atoms with E-state index in [-0.39, 0.29) is 18.2 Å². The SMILES string of the molecule is COc1cc(/C=N\N=C2\S/C(=C\c3cccc(Br)c3)C(=O)N2Cc2ccco2)ccc1O. The molecular formula is C23H18BrN3O4S. The number of amidine groups is 1. The number of phenols is 1. The van der Waals surface area contributed by atoms with Gasteiger partial charge in [0.15, 0.2) is 16.7 Å². The Kier molecular flexibility index (Phi) is 6.77. The van der Waals surface area contributed by atoms with Crippen molar-refractivity contribution < 1.29 is 19.1 Å². The van der Waals surface area contributed by atoms with E-state index in [4.69, 9.17) is 9.15 Å². The molecule has 1 amide bonds. The zero-order valence-electron chi connectivity index (χ0n) is 16.9. The molecule has 1 N–H and O–H groups in total. The first kappa shape index (κ1) is 21.9. The van der Waals surface area contributed by atoms with Crippen LogP contribution in [0.2, 0.25) is 0 Å². The first-order chi connectivity index (χ1) is 15.5. The Morgan fingerprint density at radius 3 is 2.81 bits per heavy atom. The standard InChI is InChI=1S/C23H18BrN3O4S/c1-30-20-11-16(7-8-19(20)28)13-25-26-23-27(14-18-6-3-9-31-18)22(29)21(32-23)12-15-4-2-5-17(24)10-15/h2-13,28H,14H2,1H3/b21-12-,25-13-,26-23+. The molecule has 0 spiro atoms. The van der Waals surface area contributed by atoms with Crippen molar-refractivity contribution in [3.05, 3.63) is 87.1 Å². The highest BCUT2D eigenvalue weighted by Crippen LogP contribution is 2.34. The molecule has 1 aliphatic rings. The summed E-state index contributed by atoms with van der Waals surface area (Å²) in [4.78, 5) is 15.2. The van der Waals surface area contributed by atoms with Gasteiger partial charge in [0.25, 0.3) is 5.91 Å². The topological polar surface area (TPSA) is 87.6 Å². The van der Waals surface area contributed by atoms with Crippen molar-refractivity contribution in [2.24, 2.45) is 10.2 Å². The zero-order valence-corrected chi connectivity index (χ0v) is 19.3. The third-order valence-corrected chi connectivity index (χ3v) is 5.97. The monoisotopic (exact) mass is 511 g/mol. The largest absolute Gasteiger partial charge is 0.504 e. The fourth-order valence-electron chi connectivity index (χ4n) is 2.95. The zero-order chi connectivity index (χ0) is 22.5. The summed E-state index contributed by atoms with van der Waals surface area (Å²) >= 11 is 4.70. The van der Waals surface area contributed by atoms with Crippen molar-refractivity contribution in [3.63, 3.8) is 0 Å². The van der Waals surface area contributed by atoms with Crippen molar-refractivity contribution in [2.75, 3.05) is 7.11 Å². The molecule has 4 rings (SSSR count). The molecule has 7 nitrogen and oxygen atoms in total. The lowest BCUT2D eigenvalue weighted by atomic mass is 10.2. The average molecular weight is 512 g/mol. The van der Waals surface area contributed by atoms with Gasteiger partial charge in [-0.1, -0.05) is 28.1 Å². The molecule has 0 atom stereocenters. The molecule has 3 aromatic rings. The molecule has 0 aliphatic carbocycles. The number of ether oxygens (including phenoxy) is 1. The molecule has 32 heavy (non-hydrogen) atoms. The molecule has 162 valence electrons.